The molecule has 14 nitrogen and oxygen atoms in total. The third kappa shape index (κ3) is 42.0. The lowest BCUT2D eigenvalue weighted by Crippen LogP contribution is -2.30. The van der Waals surface area contributed by atoms with Crippen LogP contribution in [-0.4, -0.2) is 81.6 Å². The first-order chi connectivity index (χ1) is 28.8. The molecule has 0 radical (unpaired) electrons. The Bertz CT molecular complexity index is 1400. The minimum atomic E-state index is -4.88. The topological polar surface area (TPSA) is 216 Å². The first-order valence-corrected chi connectivity index (χ1v) is 24.4. The monoisotopic (exact) mass is 888 g/mol. The standard InChI is InChI=1S/C44H74O14P2/c1-3-5-6-7-8-9-10-11-12-15-19-22-25-28-31-35-44(48)58-42(39-57-60(52,53)56-37-41(46)36-55-59(49,50)51)38-54-43(47)34-30-27-24-21-18-16-13-14-17-20-23-26-29-33-40(45)32-4-2/h5-6,8-9,11-13,16-17,20-21,24,26,29,40-42,45-46H,3-4,7,10,14-15,18-19,22-23,25,27-28,30-39H2,1-2H3,(H,52,53)(H2,49,50,51)/b6-5-,9-8-,12-11-,16-13-,20-17-,24-21-,29-26-/t40?,41-,42+/m0/s1. The van der Waals surface area contributed by atoms with E-state index in [9.17, 15) is 33.8 Å². The molecule has 0 aliphatic heterocycles. The SMILES string of the molecule is CC/C=C\C/C=C\C/C=C\CCCCCCCC(=O)O[C@H](COC(=O)CCC/C=C\C/C=C\C/C=C\C/C=C\CC(O)CCC)COP(=O)(O)OC[C@@H](O)COP(=O)(O)O. The Morgan fingerprint density at radius 2 is 1.02 bits per heavy atom. The highest BCUT2D eigenvalue weighted by atomic mass is 31.2. The summed E-state index contributed by atoms with van der Waals surface area (Å²) in [5, 5.41) is 19.5. The second-order valence-electron chi connectivity index (χ2n) is 14.1. The van der Waals surface area contributed by atoms with Crippen LogP contribution in [0.15, 0.2) is 85.1 Å². The number of hydrogen-bond acceptors (Lipinski definition) is 11. The third-order valence-electron chi connectivity index (χ3n) is 8.31. The molecule has 0 spiro atoms. The molecule has 0 rings (SSSR count). The lowest BCUT2D eigenvalue weighted by molar-refractivity contribution is -0.161. The van der Waals surface area contributed by atoms with E-state index >= 15 is 0 Å². The molecular weight excluding hydrogens is 814 g/mol. The zero-order valence-electron chi connectivity index (χ0n) is 35.9. The maximum atomic E-state index is 12.6. The van der Waals surface area contributed by atoms with Crippen molar-refractivity contribution in [1.29, 1.82) is 0 Å². The lowest BCUT2D eigenvalue weighted by Gasteiger charge is -2.20. The number of allylic oxidation sites excluding steroid dienone is 13. The normalized spacial score (nSPS) is 15.4. The first-order valence-electron chi connectivity index (χ1n) is 21.4. The Labute approximate surface area is 359 Å². The Morgan fingerprint density at radius 1 is 0.533 bits per heavy atom. The molecule has 0 fully saturated rings. The van der Waals surface area contributed by atoms with Gasteiger partial charge < -0.3 is 34.4 Å². The average molecular weight is 889 g/mol. The number of phosphoric acid groups is 2. The van der Waals surface area contributed by atoms with E-state index in [4.69, 9.17) is 23.8 Å². The Morgan fingerprint density at radius 3 is 1.60 bits per heavy atom. The van der Waals surface area contributed by atoms with Gasteiger partial charge in [-0.15, -0.1) is 0 Å². The summed E-state index contributed by atoms with van der Waals surface area (Å²) in [5.74, 6) is -1.15. The van der Waals surface area contributed by atoms with Gasteiger partial charge in [-0.05, 0) is 83.5 Å². The van der Waals surface area contributed by atoms with Crippen molar-refractivity contribution in [3.8, 4) is 0 Å². The molecule has 0 saturated heterocycles. The predicted octanol–water partition coefficient (Wildman–Crippen LogP) is 9.75. The summed E-state index contributed by atoms with van der Waals surface area (Å²) < 4.78 is 47.6. The van der Waals surface area contributed by atoms with E-state index in [1.807, 2.05) is 18.2 Å². The van der Waals surface area contributed by atoms with Crippen molar-refractivity contribution < 1.29 is 66.7 Å². The highest BCUT2D eigenvalue weighted by Gasteiger charge is 2.28. The molecule has 0 heterocycles. The molecule has 5 N–H and O–H groups in total. The van der Waals surface area contributed by atoms with Gasteiger partial charge in [0.15, 0.2) is 6.10 Å². The fraction of sp³-hybridized carbons (Fsp3) is 0.636. The maximum absolute atomic E-state index is 12.6. The van der Waals surface area contributed by atoms with E-state index in [-0.39, 0.29) is 18.9 Å². The Kier molecular flexibility index (Phi) is 37.3. The van der Waals surface area contributed by atoms with Gasteiger partial charge in [0.25, 0.3) is 0 Å². The van der Waals surface area contributed by atoms with Crippen LogP contribution in [0.5, 0.6) is 0 Å². The van der Waals surface area contributed by atoms with E-state index in [1.54, 1.807) is 0 Å². The van der Waals surface area contributed by atoms with Gasteiger partial charge >= 0.3 is 27.6 Å². The van der Waals surface area contributed by atoms with Crippen molar-refractivity contribution in [3.63, 3.8) is 0 Å². The van der Waals surface area contributed by atoms with Crippen molar-refractivity contribution in [2.24, 2.45) is 0 Å². The predicted molar refractivity (Wildman–Crippen MR) is 236 cm³/mol. The van der Waals surface area contributed by atoms with Crippen molar-refractivity contribution in [1.82, 2.24) is 0 Å². The van der Waals surface area contributed by atoms with Gasteiger partial charge in [0.05, 0.1) is 25.9 Å². The molecule has 0 bridgehead atoms. The largest absolute Gasteiger partial charge is 0.472 e. The summed E-state index contributed by atoms with van der Waals surface area (Å²) in [6, 6.07) is 0. The molecule has 0 aliphatic rings. The highest BCUT2D eigenvalue weighted by molar-refractivity contribution is 7.47. The van der Waals surface area contributed by atoms with Gasteiger partial charge in [0, 0.05) is 12.8 Å². The zero-order valence-corrected chi connectivity index (χ0v) is 37.7. The molecule has 0 aromatic rings. The molecule has 0 aromatic heterocycles. The maximum Gasteiger partial charge on any atom is 0.472 e. The van der Waals surface area contributed by atoms with Gasteiger partial charge in [0.2, 0.25) is 0 Å². The number of unbranched alkanes of at least 4 members (excludes halogenated alkanes) is 6. The number of aliphatic hydroxyl groups excluding tert-OH is 2. The number of aliphatic hydroxyl groups is 2. The number of hydrogen-bond donors (Lipinski definition) is 5. The van der Waals surface area contributed by atoms with Crippen LogP contribution < -0.4 is 0 Å². The molecule has 0 aromatic carbocycles. The molecule has 0 aliphatic carbocycles. The van der Waals surface area contributed by atoms with Crippen LogP contribution in [0.2, 0.25) is 0 Å². The molecule has 2 unspecified atom stereocenters. The van der Waals surface area contributed by atoms with Crippen LogP contribution in [0.1, 0.15) is 136 Å². The van der Waals surface area contributed by atoms with Gasteiger partial charge in [-0.1, -0.05) is 125 Å². The second kappa shape index (κ2) is 39.1. The summed E-state index contributed by atoms with van der Waals surface area (Å²) in [5.41, 5.74) is 0. The summed E-state index contributed by atoms with van der Waals surface area (Å²) >= 11 is 0. The van der Waals surface area contributed by atoms with Gasteiger partial charge in [-0.2, -0.15) is 0 Å². The molecular formula is C44H74O14P2. The van der Waals surface area contributed by atoms with Crippen LogP contribution in [0.4, 0.5) is 0 Å². The Hall–Kier alpha value is -2.74. The zero-order chi connectivity index (χ0) is 44.6. The summed E-state index contributed by atoms with van der Waals surface area (Å²) in [7, 11) is -9.71. The molecule has 0 amide bonds. The fourth-order valence-corrected chi connectivity index (χ4v) is 6.29. The van der Waals surface area contributed by atoms with E-state index in [2.05, 4.69) is 89.7 Å². The fourth-order valence-electron chi connectivity index (χ4n) is 5.13. The van der Waals surface area contributed by atoms with Crippen molar-refractivity contribution in [2.45, 2.75) is 154 Å². The summed E-state index contributed by atoms with van der Waals surface area (Å²) in [6.07, 6.45) is 40.7. The average Bonchev–Trinajstić information content (AvgIpc) is 3.20. The molecule has 16 heteroatoms. The Balaban J connectivity index is 4.68. The molecule has 344 valence electrons. The first kappa shape index (κ1) is 57.3. The van der Waals surface area contributed by atoms with Crippen molar-refractivity contribution >= 4 is 27.6 Å². The van der Waals surface area contributed by atoms with Crippen LogP contribution >= 0.6 is 15.6 Å². The minimum Gasteiger partial charge on any atom is -0.462 e. The molecule has 60 heavy (non-hydrogen) atoms. The van der Waals surface area contributed by atoms with E-state index in [1.165, 1.54) is 0 Å². The van der Waals surface area contributed by atoms with E-state index < -0.39 is 66.2 Å². The van der Waals surface area contributed by atoms with Gasteiger partial charge in [0.1, 0.15) is 12.7 Å². The second-order valence-corrected chi connectivity index (χ2v) is 16.8. The van der Waals surface area contributed by atoms with Crippen LogP contribution in [-0.2, 0) is 41.8 Å². The van der Waals surface area contributed by atoms with Crippen LogP contribution in [0, 0.1) is 0 Å². The minimum absolute atomic E-state index is 0.0880. The number of esters is 2. The van der Waals surface area contributed by atoms with E-state index in [0.29, 0.717) is 25.7 Å². The summed E-state index contributed by atoms with van der Waals surface area (Å²) in [6.45, 7) is 1.34. The van der Waals surface area contributed by atoms with Crippen LogP contribution in [0.25, 0.3) is 0 Å². The smallest absolute Gasteiger partial charge is 0.462 e. The number of rotatable bonds is 39. The number of carbonyl (C=O) groups is 2. The number of phosphoric ester groups is 2. The number of carbonyl (C=O) groups excluding carboxylic acids is 2. The van der Waals surface area contributed by atoms with E-state index in [0.717, 1.165) is 83.5 Å². The van der Waals surface area contributed by atoms with Gasteiger partial charge in [-0.25, -0.2) is 9.13 Å². The lowest BCUT2D eigenvalue weighted by atomic mass is 10.1. The quantitative estimate of drug-likeness (QED) is 0.0168. The highest BCUT2D eigenvalue weighted by Crippen LogP contribution is 2.43. The van der Waals surface area contributed by atoms with Crippen LogP contribution in [0.3, 0.4) is 0 Å². The number of ether oxygens (including phenoxy) is 2. The third-order valence-corrected chi connectivity index (χ3v) is 9.75. The summed E-state index contributed by atoms with van der Waals surface area (Å²) in [4.78, 5) is 52.6. The van der Waals surface area contributed by atoms with Crippen molar-refractivity contribution in [3.05, 3.63) is 85.1 Å². The van der Waals surface area contributed by atoms with Gasteiger partial charge in [-0.3, -0.25) is 23.2 Å². The van der Waals surface area contributed by atoms with Crippen molar-refractivity contribution in [2.75, 3.05) is 26.4 Å². The molecule has 0 saturated carbocycles. The molecule has 4 atom stereocenters.